The molecule has 0 spiro atoms. The van der Waals surface area contributed by atoms with Gasteiger partial charge in [-0.2, -0.15) is 0 Å². The Kier molecular flexibility index (Phi) is 5.20. The molecule has 0 bridgehead atoms. The molecule has 1 aromatic rings. The van der Waals surface area contributed by atoms with Gasteiger partial charge in [0.1, 0.15) is 5.82 Å². The molecule has 2 fully saturated rings. The molecule has 3 heterocycles. The van der Waals surface area contributed by atoms with Gasteiger partial charge in [-0.15, -0.1) is 0 Å². The number of carbonyl (C=O) groups is 1. The first-order valence-electron chi connectivity index (χ1n) is 7.69. The Bertz CT molecular complexity index is 482. The fraction of sp³-hybridized carbons (Fsp3) is 0.600. The molecule has 3 rings (SSSR count). The zero-order chi connectivity index (χ0) is 15.2. The normalized spacial score (nSPS) is 22.4. The SMILES string of the molecule is O=C(NOC1CCCCO1)c1ccc(N2CCOCC2)nc1. The van der Waals surface area contributed by atoms with Crippen LogP contribution in [-0.2, 0) is 14.3 Å². The first-order chi connectivity index (χ1) is 10.8. The quantitative estimate of drug-likeness (QED) is 0.840. The third-order valence-electron chi connectivity index (χ3n) is 3.77. The molecule has 0 saturated carbocycles. The summed E-state index contributed by atoms with van der Waals surface area (Å²) in [5.74, 6) is 0.548. The molecule has 120 valence electrons. The number of carbonyl (C=O) groups excluding carboxylic acids is 1. The standard InChI is InChI=1S/C15H21N3O4/c19-15(17-22-14-3-1-2-8-21-14)12-4-5-13(16-11-12)18-6-9-20-10-7-18/h4-5,11,14H,1-3,6-10H2,(H,17,19). The number of hydrogen-bond donors (Lipinski definition) is 1. The minimum Gasteiger partial charge on any atom is -0.378 e. The summed E-state index contributed by atoms with van der Waals surface area (Å²) in [7, 11) is 0. The number of rotatable bonds is 4. The molecule has 2 aliphatic rings. The van der Waals surface area contributed by atoms with E-state index in [-0.39, 0.29) is 12.2 Å². The number of hydroxylamine groups is 1. The summed E-state index contributed by atoms with van der Waals surface area (Å²) in [5, 5.41) is 0. The van der Waals surface area contributed by atoms with Gasteiger partial charge in [0.25, 0.3) is 5.91 Å². The van der Waals surface area contributed by atoms with Crippen molar-refractivity contribution < 1.29 is 19.1 Å². The van der Waals surface area contributed by atoms with E-state index in [2.05, 4.69) is 15.4 Å². The zero-order valence-electron chi connectivity index (χ0n) is 12.5. The molecule has 2 aliphatic heterocycles. The first kappa shape index (κ1) is 15.2. The maximum atomic E-state index is 12.0. The first-order valence-corrected chi connectivity index (χ1v) is 7.69. The number of nitrogens with one attached hydrogen (secondary N) is 1. The van der Waals surface area contributed by atoms with E-state index in [1.54, 1.807) is 12.3 Å². The van der Waals surface area contributed by atoms with E-state index in [0.29, 0.717) is 25.4 Å². The predicted octanol–water partition coefficient (Wildman–Crippen LogP) is 1.11. The molecule has 0 radical (unpaired) electrons. The van der Waals surface area contributed by atoms with Crippen molar-refractivity contribution in [2.24, 2.45) is 0 Å². The highest BCUT2D eigenvalue weighted by molar-refractivity contribution is 5.93. The Morgan fingerprint density at radius 1 is 1.27 bits per heavy atom. The summed E-state index contributed by atoms with van der Waals surface area (Å²) in [6, 6.07) is 3.59. The van der Waals surface area contributed by atoms with E-state index < -0.39 is 0 Å². The Labute approximate surface area is 129 Å². The van der Waals surface area contributed by atoms with Gasteiger partial charge in [0.05, 0.1) is 18.8 Å². The summed E-state index contributed by atoms with van der Waals surface area (Å²) < 4.78 is 10.7. The molecule has 1 N–H and O–H groups in total. The van der Waals surface area contributed by atoms with Crippen LogP contribution in [0.5, 0.6) is 0 Å². The molecule has 1 atom stereocenters. The van der Waals surface area contributed by atoms with Crippen LogP contribution >= 0.6 is 0 Å². The second kappa shape index (κ2) is 7.53. The molecular formula is C15H21N3O4. The summed E-state index contributed by atoms with van der Waals surface area (Å²) >= 11 is 0. The molecule has 7 nitrogen and oxygen atoms in total. The maximum Gasteiger partial charge on any atom is 0.276 e. The zero-order valence-corrected chi connectivity index (χ0v) is 12.5. The molecule has 1 unspecified atom stereocenters. The van der Waals surface area contributed by atoms with Gasteiger partial charge in [-0.05, 0) is 25.0 Å². The van der Waals surface area contributed by atoms with Gasteiger partial charge in [0.2, 0.25) is 0 Å². The summed E-state index contributed by atoms with van der Waals surface area (Å²) in [6.07, 6.45) is 4.11. The van der Waals surface area contributed by atoms with Crippen molar-refractivity contribution in [1.29, 1.82) is 0 Å². The lowest BCUT2D eigenvalue weighted by molar-refractivity contribution is -0.186. The second-order valence-electron chi connectivity index (χ2n) is 5.35. The maximum absolute atomic E-state index is 12.0. The van der Waals surface area contributed by atoms with Gasteiger partial charge in [-0.1, -0.05) is 0 Å². The van der Waals surface area contributed by atoms with Crippen LogP contribution in [0.1, 0.15) is 29.6 Å². The lowest BCUT2D eigenvalue weighted by Gasteiger charge is -2.27. The third-order valence-corrected chi connectivity index (χ3v) is 3.77. The number of nitrogens with zero attached hydrogens (tertiary/aromatic N) is 2. The van der Waals surface area contributed by atoms with Crippen molar-refractivity contribution in [3.8, 4) is 0 Å². The average Bonchev–Trinajstić information content (AvgIpc) is 2.61. The molecule has 1 amide bonds. The smallest absolute Gasteiger partial charge is 0.276 e. The van der Waals surface area contributed by atoms with Gasteiger partial charge in [-0.25, -0.2) is 15.3 Å². The van der Waals surface area contributed by atoms with Crippen LogP contribution in [0.2, 0.25) is 0 Å². The van der Waals surface area contributed by atoms with E-state index in [9.17, 15) is 4.79 Å². The number of anilines is 1. The van der Waals surface area contributed by atoms with Crippen LogP contribution in [0.4, 0.5) is 5.82 Å². The van der Waals surface area contributed by atoms with Crippen molar-refractivity contribution in [3.63, 3.8) is 0 Å². The van der Waals surface area contributed by atoms with Crippen LogP contribution in [0.15, 0.2) is 18.3 Å². The molecule has 1 aromatic heterocycles. The number of morpholine rings is 1. The molecule has 0 aromatic carbocycles. The van der Waals surface area contributed by atoms with Gasteiger partial charge in [-0.3, -0.25) is 4.79 Å². The Hall–Kier alpha value is -1.70. The Balaban J connectivity index is 1.51. The van der Waals surface area contributed by atoms with Gasteiger partial charge >= 0.3 is 0 Å². The van der Waals surface area contributed by atoms with Crippen molar-refractivity contribution in [2.75, 3.05) is 37.8 Å². The predicted molar refractivity (Wildman–Crippen MR) is 79.4 cm³/mol. The minimum atomic E-state index is -0.349. The van der Waals surface area contributed by atoms with Crippen molar-refractivity contribution in [3.05, 3.63) is 23.9 Å². The topological polar surface area (TPSA) is 72.9 Å². The molecule has 2 saturated heterocycles. The van der Waals surface area contributed by atoms with Crippen LogP contribution < -0.4 is 10.4 Å². The van der Waals surface area contributed by atoms with E-state index in [4.69, 9.17) is 14.3 Å². The van der Waals surface area contributed by atoms with Crippen molar-refractivity contribution in [2.45, 2.75) is 25.6 Å². The number of hydrogen-bond acceptors (Lipinski definition) is 6. The minimum absolute atomic E-state index is 0.310. The monoisotopic (exact) mass is 307 g/mol. The van der Waals surface area contributed by atoms with E-state index in [0.717, 1.165) is 38.2 Å². The molecule has 0 aliphatic carbocycles. The molecule has 22 heavy (non-hydrogen) atoms. The fourth-order valence-electron chi connectivity index (χ4n) is 2.48. The van der Waals surface area contributed by atoms with E-state index in [1.807, 2.05) is 6.07 Å². The van der Waals surface area contributed by atoms with Gasteiger partial charge < -0.3 is 14.4 Å². The highest BCUT2D eigenvalue weighted by atomic mass is 16.8. The Morgan fingerprint density at radius 3 is 2.82 bits per heavy atom. The lowest BCUT2D eigenvalue weighted by atomic mass is 10.2. The Morgan fingerprint density at radius 2 is 2.14 bits per heavy atom. The van der Waals surface area contributed by atoms with E-state index >= 15 is 0 Å². The van der Waals surface area contributed by atoms with Crippen molar-refractivity contribution in [1.82, 2.24) is 10.5 Å². The average molecular weight is 307 g/mol. The number of ether oxygens (including phenoxy) is 2. The van der Waals surface area contributed by atoms with Crippen LogP contribution in [0, 0.1) is 0 Å². The van der Waals surface area contributed by atoms with Gasteiger partial charge in [0.15, 0.2) is 6.29 Å². The second-order valence-corrected chi connectivity index (χ2v) is 5.35. The van der Waals surface area contributed by atoms with Crippen LogP contribution in [-0.4, -0.2) is 50.1 Å². The van der Waals surface area contributed by atoms with Crippen LogP contribution in [0.25, 0.3) is 0 Å². The largest absolute Gasteiger partial charge is 0.378 e. The highest BCUT2D eigenvalue weighted by Gasteiger charge is 2.17. The van der Waals surface area contributed by atoms with E-state index in [1.165, 1.54) is 0 Å². The van der Waals surface area contributed by atoms with Crippen molar-refractivity contribution >= 4 is 11.7 Å². The number of pyridine rings is 1. The fourth-order valence-corrected chi connectivity index (χ4v) is 2.48. The lowest BCUT2D eigenvalue weighted by Crippen LogP contribution is -2.37. The van der Waals surface area contributed by atoms with Gasteiger partial charge in [0, 0.05) is 32.3 Å². The molecular weight excluding hydrogens is 286 g/mol. The summed E-state index contributed by atoms with van der Waals surface area (Å²) in [5.41, 5.74) is 2.90. The summed E-state index contributed by atoms with van der Waals surface area (Å²) in [4.78, 5) is 23.8. The summed E-state index contributed by atoms with van der Waals surface area (Å²) in [6.45, 7) is 3.73. The third kappa shape index (κ3) is 3.94. The highest BCUT2D eigenvalue weighted by Crippen LogP contribution is 2.14. The molecule has 7 heteroatoms. The number of amides is 1. The van der Waals surface area contributed by atoms with Crippen LogP contribution in [0.3, 0.4) is 0 Å². The number of aromatic nitrogens is 1.